The van der Waals surface area contributed by atoms with Gasteiger partial charge in [-0.25, -0.2) is 15.0 Å². The van der Waals surface area contributed by atoms with Crippen LogP contribution in [-0.2, 0) is 4.79 Å². The lowest BCUT2D eigenvalue weighted by Crippen LogP contribution is -2.46. The van der Waals surface area contributed by atoms with Gasteiger partial charge in [-0.1, -0.05) is 50.3 Å². The van der Waals surface area contributed by atoms with E-state index < -0.39 is 0 Å². The summed E-state index contributed by atoms with van der Waals surface area (Å²) in [6.45, 7) is 10.0. The number of benzene rings is 1. The Morgan fingerprint density at radius 1 is 0.780 bits per heavy atom. The Kier molecular flexibility index (Phi) is 13.4. The minimum absolute atomic E-state index is 0.0182. The van der Waals surface area contributed by atoms with Crippen molar-refractivity contribution in [2.24, 2.45) is 0 Å². The number of aryl methyl sites for hydroxylation is 2. The highest BCUT2D eigenvalue weighted by atomic mass is 16.2. The smallest absolute Gasteiger partial charge is 0.263 e. The van der Waals surface area contributed by atoms with Gasteiger partial charge in [-0.05, 0) is 94.5 Å². The van der Waals surface area contributed by atoms with E-state index in [4.69, 9.17) is 4.98 Å². The number of para-hydroxylation sites is 1. The number of unbranched alkanes of at least 4 members (excludes halogenated alkanes) is 4. The molecule has 14 heteroatoms. The predicted molar refractivity (Wildman–Crippen MR) is 232 cm³/mol. The fourth-order valence-electron chi connectivity index (χ4n) is 8.18. The van der Waals surface area contributed by atoms with Gasteiger partial charge in [0, 0.05) is 56.4 Å². The molecule has 2 amide bonds. The number of fused-ring (bicyclic) bond motifs is 1. The molecule has 59 heavy (non-hydrogen) atoms. The number of hydrogen-bond acceptors (Lipinski definition) is 11. The molecule has 5 aromatic rings. The normalized spacial score (nSPS) is 14.7. The maximum Gasteiger partial charge on any atom is 0.263 e. The van der Waals surface area contributed by atoms with Crippen LogP contribution in [0.2, 0.25) is 0 Å². The van der Waals surface area contributed by atoms with Crippen molar-refractivity contribution in [1.82, 2.24) is 29.4 Å². The molecule has 1 aliphatic carbocycles. The van der Waals surface area contributed by atoms with Crippen molar-refractivity contribution in [3.63, 3.8) is 0 Å². The van der Waals surface area contributed by atoms with Gasteiger partial charge in [0.25, 0.3) is 11.5 Å². The predicted octanol–water partition coefficient (Wildman–Crippen LogP) is 7.61. The number of carbonyl (C=O) groups is 3. The van der Waals surface area contributed by atoms with Crippen molar-refractivity contribution in [3.8, 4) is 0 Å². The van der Waals surface area contributed by atoms with Crippen LogP contribution in [0.15, 0.2) is 71.9 Å². The summed E-state index contributed by atoms with van der Waals surface area (Å²) in [5, 5.41) is 9.66. The van der Waals surface area contributed by atoms with Gasteiger partial charge in [0.15, 0.2) is 5.78 Å². The number of hydrogen-bond donors (Lipinski definition) is 3. The lowest BCUT2D eigenvalue weighted by Gasteiger charge is -2.36. The number of piperazine rings is 1. The minimum atomic E-state index is -0.316. The Hall–Kier alpha value is -6.02. The van der Waals surface area contributed by atoms with Crippen LogP contribution >= 0.6 is 0 Å². The Bertz CT molecular complexity index is 2330. The number of amides is 2. The maximum absolute atomic E-state index is 13.6. The van der Waals surface area contributed by atoms with Crippen LogP contribution in [0.5, 0.6) is 0 Å². The summed E-state index contributed by atoms with van der Waals surface area (Å²) in [6.07, 6.45) is 14.7. The van der Waals surface area contributed by atoms with Gasteiger partial charge >= 0.3 is 0 Å². The van der Waals surface area contributed by atoms with E-state index in [1.165, 1.54) is 6.92 Å². The largest absolute Gasteiger partial charge is 0.368 e. The Morgan fingerprint density at radius 3 is 2.24 bits per heavy atom. The van der Waals surface area contributed by atoms with E-state index in [1.54, 1.807) is 54.2 Å². The first-order chi connectivity index (χ1) is 28.6. The van der Waals surface area contributed by atoms with E-state index in [0.29, 0.717) is 51.9 Å². The van der Waals surface area contributed by atoms with Crippen molar-refractivity contribution in [3.05, 3.63) is 99.7 Å². The van der Waals surface area contributed by atoms with Crippen LogP contribution in [0.3, 0.4) is 0 Å². The molecular formula is C45H54N10O4. The molecule has 7 rings (SSSR count). The minimum Gasteiger partial charge on any atom is -0.368 e. The third-order valence-electron chi connectivity index (χ3n) is 11.5. The Morgan fingerprint density at radius 2 is 1.51 bits per heavy atom. The average molecular weight is 799 g/mol. The van der Waals surface area contributed by atoms with Gasteiger partial charge in [-0.3, -0.25) is 28.6 Å². The monoisotopic (exact) mass is 798 g/mol. The summed E-state index contributed by atoms with van der Waals surface area (Å²) >= 11 is 0. The number of carbonyl (C=O) groups excluding carboxylic acids is 3. The van der Waals surface area contributed by atoms with Gasteiger partial charge in [0.05, 0.1) is 28.7 Å². The summed E-state index contributed by atoms with van der Waals surface area (Å²) in [5.41, 5.74) is 4.09. The van der Waals surface area contributed by atoms with Crippen LogP contribution in [0, 0.1) is 13.8 Å². The molecule has 2 fully saturated rings. The molecule has 1 aliphatic heterocycles. The maximum atomic E-state index is 13.6. The van der Waals surface area contributed by atoms with Crippen molar-refractivity contribution < 1.29 is 14.4 Å². The number of Topliss-reactive ketones (excluding diaryl/α,β-unsaturated/α-hetero) is 1. The second-order valence-corrected chi connectivity index (χ2v) is 15.7. The fourth-order valence-corrected chi connectivity index (χ4v) is 8.18. The standard InChI is InChI=1S/C45H54N10O4/c1-30-18-20-38(46-27-30)50-43(58)35-15-10-11-16-37(35)49-40(57)17-7-5-4-6-12-22-53-23-25-54(26-24-53)34-19-21-39(47-28-34)51-45-48-29-36-31(2)41(32(3)56)44(59)55(42(36)52-45)33-13-8-9-14-33/h10-11,15-16,18-21,27-29,33H,4-9,12-14,17,22-26H2,1-3H3,(H,49,57)(H,46,50,58)(H,47,48,51,52). The second-order valence-electron chi connectivity index (χ2n) is 15.7. The number of aromatic nitrogens is 5. The summed E-state index contributed by atoms with van der Waals surface area (Å²) in [6, 6.07) is 14.7. The molecule has 0 atom stereocenters. The fraction of sp³-hybridized carbons (Fsp3) is 0.422. The van der Waals surface area contributed by atoms with Crippen LogP contribution in [0.4, 0.5) is 29.0 Å². The van der Waals surface area contributed by atoms with Gasteiger partial charge in [0.1, 0.15) is 17.3 Å². The molecule has 14 nitrogen and oxygen atoms in total. The number of nitrogens with one attached hydrogen (secondary N) is 3. The van der Waals surface area contributed by atoms with Crippen molar-refractivity contribution >= 4 is 57.6 Å². The highest BCUT2D eigenvalue weighted by Crippen LogP contribution is 2.32. The van der Waals surface area contributed by atoms with E-state index in [2.05, 4.69) is 46.8 Å². The molecule has 0 bridgehead atoms. The van der Waals surface area contributed by atoms with E-state index in [0.717, 1.165) is 102 Å². The van der Waals surface area contributed by atoms with Crippen molar-refractivity contribution in [2.45, 2.75) is 91.0 Å². The Labute approximate surface area is 344 Å². The van der Waals surface area contributed by atoms with E-state index in [1.807, 2.05) is 25.3 Å². The molecule has 308 valence electrons. The quantitative estimate of drug-likeness (QED) is 0.0664. The number of nitrogens with zero attached hydrogens (tertiary/aromatic N) is 7. The van der Waals surface area contributed by atoms with Gasteiger partial charge in [-0.15, -0.1) is 0 Å². The van der Waals surface area contributed by atoms with Gasteiger partial charge in [-0.2, -0.15) is 4.98 Å². The van der Waals surface area contributed by atoms with Crippen LogP contribution in [0.25, 0.3) is 11.0 Å². The zero-order valence-electron chi connectivity index (χ0n) is 34.3. The van der Waals surface area contributed by atoms with E-state index in [9.17, 15) is 19.2 Å². The summed E-state index contributed by atoms with van der Waals surface area (Å²) in [4.78, 5) is 74.7. The molecule has 5 heterocycles. The van der Waals surface area contributed by atoms with E-state index >= 15 is 0 Å². The first kappa shape index (κ1) is 41.2. The third-order valence-corrected chi connectivity index (χ3v) is 11.5. The molecule has 1 saturated carbocycles. The number of rotatable bonds is 16. The van der Waals surface area contributed by atoms with Gasteiger partial charge in [0.2, 0.25) is 11.9 Å². The van der Waals surface area contributed by atoms with Crippen LogP contribution in [0.1, 0.15) is 109 Å². The molecule has 0 spiro atoms. The van der Waals surface area contributed by atoms with Crippen LogP contribution in [-0.4, -0.2) is 79.7 Å². The lowest BCUT2D eigenvalue weighted by molar-refractivity contribution is -0.116. The zero-order chi connectivity index (χ0) is 41.3. The molecule has 0 unspecified atom stereocenters. The molecule has 1 saturated heterocycles. The Balaban J connectivity index is 0.813. The number of ketones is 1. The summed E-state index contributed by atoms with van der Waals surface area (Å²) in [5.74, 6) is 0.785. The first-order valence-corrected chi connectivity index (χ1v) is 20.9. The lowest BCUT2D eigenvalue weighted by atomic mass is 10.0. The summed E-state index contributed by atoms with van der Waals surface area (Å²) in [7, 11) is 0. The molecule has 0 radical (unpaired) electrons. The molecule has 3 N–H and O–H groups in total. The topological polar surface area (TPSA) is 167 Å². The molecule has 2 aliphatic rings. The molecule has 1 aromatic carbocycles. The van der Waals surface area contributed by atoms with Crippen LogP contribution < -0.4 is 26.4 Å². The van der Waals surface area contributed by atoms with E-state index in [-0.39, 0.29) is 34.8 Å². The van der Waals surface area contributed by atoms with Crippen molar-refractivity contribution in [2.75, 3.05) is 53.6 Å². The number of pyridine rings is 3. The SMILES string of the molecule is CC(=O)c1c(C)c2cnc(Nc3ccc(N4CCN(CCCCCCCC(=O)Nc5ccccc5C(=O)Nc5ccc(C)cn5)CC4)cn3)nc2n(C2CCCC2)c1=O. The first-order valence-electron chi connectivity index (χ1n) is 20.9. The molecule has 4 aromatic heterocycles. The summed E-state index contributed by atoms with van der Waals surface area (Å²) < 4.78 is 1.72. The highest BCUT2D eigenvalue weighted by Gasteiger charge is 2.26. The third kappa shape index (κ3) is 10.2. The van der Waals surface area contributed by atoms with Gasteiger partial charge < -0.3 is 20.9 Å². The number of anilines is 5. The second kappa shape index (κ2) is 19.2. The highest BCUT2D eigenvalue weighted by molar-refractivity contribution is 6.09. The average Bonchev–Trinajstić information content (AvgIpc) is 3.76. The van der Waals surface area contributed by atoms with Crippen molar-refractivity contribution in [1.29, 1.82) is 0 Å². The molecular weight excluding hydrogens is 745 g/mol. The zero-order valence-corrected chi connectivity index (χ0v) is 34.3.